The van der Waals surface area contributed by atoms with Gasteiger partial charge < -0.3 is 9.64 Å². The van der Waals surface area contributed by atoms with Gasteiger partial charge in [0.25, 0.3) is 5.91 Å². The first-order valence-electron chi connectivity index (χ1n) is 7.91. The maximum absolute atomic E-state index is 12.7. The fraction of sp³-hybridized carbons (Fsp3) is 0.471. The van der Waals surface area contributed by atoms with Gasteiger partial charge in [0.05, 0.1) is 13.2 Å². The van der Waals surface area contributed by atoms with Crippen molar-refractivity contribution < 1.29 is 9.53 Å². The van der Waals surface area contributed by atoms with Gasteiger partial charge in [0.15, 0.2) is 0 Å². The molecule has 1 fully saturated rings. The van der Waals surface area contributed by atoms with Gasteiger partial charge in [0, 0.05) is 18.7 Å². The van der Waals surface area contributed by atoms with Crippen molar-refractivity contribution in [2.75, 3.05) is 20.2 Å². The Labute approximate surface area is 136 Å². The van der Waals surface area contributed by atoms with Crippen LogP contribution in [0.2, 0.25) is 0 Å². The summed E-state index contributed by atoms with van der Waals surface area (Å²) >= 11 is 0. The molecule has 6 heteroatoms. The molecule has 6 nitrogen and oxygen atoms in total. The van der Waals surface area contributed by atoms with Crippen LogP contribution < -0.4 is 4.74 Å². The zero-order valence-corrected chi connectivity index (χ0v) is 13.8. The summed E-state index contributed by atoms with van der Waals surface area (Å²) in [6, 6.07) is 7.47. The normalized spacial score (nSPS) is 18.0. The Kier molecular flexibility index (Phi) is 4.32. The molecule has 1 aliphatic rings. The first-order valence-corrected chi connectivity index (χ1v) is 7.91. The molecule has 0 aliphatic carbocycles. The Morgan fingerprint density at radius 1 is 1.26 bits per heavy atom. The summed E-state index contributed by atoms with van der Waals surface area (Å²) in [5, 5.41) is 4.47. The zero-order chi connectivity index (χ0) is 16.4. The smallest absolute Gasteiger partial charge is 0.253 e. The highest BCUT2D eigenvalue weighted by Gasteiger charge is 2.27. The number of carbonyl (C=O) groups is 1. The molecule has 3 rings (SSSR count). The van der Waals surface area contributed by atoms with E-state index >= 15 is 0 Å². The van der Waals surface area contributed by atoms with Gasteiger partial charge in [0.2, 0.25) is 0 Å². The number of nitrogens with zero attached hydrogens (tertiary/aromatic N) is 4. The Bertz CT molecular complexity index is 693. The third-order valence-corrected chi connectivity index (χ3v) is 4.27. The van der Waals surface area contributed by atoms with Crippen LogP contribution in [-0.4, -0.2) is 45.8 Å². The number of aryl methyl sites for hydroxylation is 2. The van der Waals surface area contributed by atoms with Crippen LogP contribution in [0.1, 0.15) is 40.9 Å². The number of rotatable bonds is 3. The molecule has 122 valence electrons. The predicted molar refractivity (Wildman–Crippen MR) is 86.7 cm³/mol. The molecular formula is C17H22N4O2. The molecule has 1 saturated heterocycles. The highest BCUT2D eigenvalue weighted by Crippen LogP contribution is 2.24. The van der Waals surface area contributed by atoms with Crippen LogP contribution in [0.15, 0.2) is 24.3 Å². The van der Waals surface area contributed by atoms with E-state index in [4.69, 9.17) is 4.74 Å². The average Bonchev–Trinajstić information content (AvgIpc) is 2.93. The largest absolute Gasteiger partial charge is 0.497 e. The first kappa shape index (κ1) is 15.5. The number of hydrogen-bond donors (Lipinski definition) is 0. The van der Waals surface area contributed by atoms with Crippen molar-refractivity contribution in [3.63, 3.8) is 0 Å². The molecule has 0 bridgehead atoms. The fourth-order valence-corrected chi connectivity index (χ4v) is 3.14. The standard InChI is InChI=1S/C17H22N4O2/c1-12-18-13(2)21(19-12)15-5-4-10-20(11-15)17(22)14-6-8-16(23-3)9-7-14/h6-9,15H,4-5,10-11H2,1-3H3/t15-/m0/s1. The maximum atomic E-state index is 12.7. The summed E-state index contributed by atoms with van der Waals surface area (Å²) in [5.41, 5.74) is 0.693. The summed E-state index contributed by atoms with van der Waals surface area (Å²) in [6.07, 6.45) is 2.00. The van der Waals surface area contributed by atoms with E-state index in [-0.39, 0.29) is 11.9 Å². The van der Waals surface area contributed by atoms with Crippen molar-refractivity contribution in [2.24, 2.45) is 0 Å². The van der Waals surface area contributed by atoms with E-state index in [2.05, 4.69) is 10.1 Å². The van der Waals surface area contributed by atoms with Crippen LogP contribution in [0.4, 0.5) is 0 Å². The minimum Gasteiger partial charge on any atom is -0.497 e. The molecule has 0 N–H and O–H groups in total. The van der Waals surface area contributed by atoms with Gasteiger partial charge in [-0.25, -0.2) is 9.67 Å². The third kappa shape index (κ3) is 3.21. The number of benzene rings is 1. The van der Waals surface area contributed by atoms with Crippen molar-refractivity contribution >= 4 is 5.91 Å². The van der Waals surface area contributed by atoms with Crippen molar-refractivity contribution in [1.82, 2.24) is 19.7 Å². The van der Waals surface area contributed by atoms with Gasteiger partial charge in [-0.3, -0.25) is 4.79 Å². The molecule has 0 saturated carbocycles. The number of likely N-dealkylation sites (tertiary alicyclic amines) is 1. The maximum Gasteiger partial charge on any atom is 0.253 e. The molecule has 1 aliphatic heterocycles. The SMILES string of the molecule is COc1ccc(C(=O)N2CCC[C@H](n3nc(C)nc3C)C2)cc1. The second-order valence-corrected chi connectivity index (χ2v) is 5.93. The summed E-state index contributed by atoms with van der Waals surface area (Å²) in [5.74, 6) is 2.51. The van der Waals surface area contributed by atoms with E-state index in [0.717, 1.165) is 36.8 Å². The lowest BCUT2D eigenvalue weighted by atomic mass is 10.0. The second-order valence-electron chi connectivity index (χ2n) is 5.93. The molecule has 1 amide bonds. The molecule has 2 heterocycles. The van der Waals surface area contributed by atoms with Crippen molar-refractivity contribution in [1.29, 1.82) is 0 Å². The van der Waals surface area contributed by atoms with Crippen molar-refractivity contribution in [3.05, 3.63) is 41.5 Å². The van der Waals surface area contributed by atoms with Crippen LogP contribution in [-0.2, 0) is 0 Å². The minimum atomic E-state index is 0.0619. The molecule has 1 aromatic heterocycles. The van der Waals surface area contributed by atoms with Gasteiger partial charge in [-0.1, -0.05) is 0 Å². The van der Waals surface area contributed by atoms with E-state index in [9.17, 15) is 4.79 Å². The van der Waals surface area contributed by atoms with Gasteiger partial charge >= 0.3 is 0 Å². The number of methoxy groups -OCH3 is 1. The van der Waals surface area contributed by atoms with Gasteiger partial charge in [-0.15, -0.1) is 0 Å². The molecule has 0 unspecified atom stereocenters. The van der Waals surface area contributed by atoms with E-state index in [1.165, 1.54) is 0 Å². The van der Waals surface area contributed by atoms with Crippen LogP contribution in [0.3, 0.4) is 0 Å². The summed E-state index contributed by atoms with van der Waals surface area (Å²) in [6.45, 7) is 5.32. The van der Waals surface area contributed by atoms with E-state index < -0.39 is 0 Å². The highest BCUT2D eigenvalue weighted by molar-refractivity contribution is 5.94. The minimum absolute atomic E-state index is 0.0619. The Morgan fingerprint density at radius 3 is 2.61 bits per heavy atom. The lowest BCUT2D eigenvalue weighted by Gasteiger charge is -2.33. The lowest BCUT2D eigenvalue weighted by molar-refractivity contribution is 0.0671. The first-order chi connectivity index (χ1) is 11.1. The van der Waals surface area contributed by atoms with Crippen LogP contribution in [0, 0.1) is 13.8 Å². The zero-order valence-electron chi connectivity index (χ0n) is 13.8. The molecule has 1 aromatic carbocycles. The second kappa shape index (κ2) is 6.40. The van der Waals surface area contributed by atoms with Crippen LogP contribution in [0.5, 0.6) is 5.75 Å². The fourth-order valence-electron chi connectivity index (χ4n) is 3.14. The lowest BCUT2D eigenvalue weighted by Crippen LogP contribution is -2.41. The van der Waals surface area contributed by atoms with Crippen molar-refractivity contribution in [2.45, 2.75) is 32.7 Å². The monoisotopic (exact) mass is 314 g/mol. The van der Waals surface area contributed by atoms with E-state index in [1.54, 1.807) is 7.11 Å². The molecule has 23 heavy (non-hydrogen) atoms. The van der Waals surface area contributed by atoms with Crippen molar-refractivity contribution in [3.8, 4) is 5.75 Å². The van der Waals surface area contributed by atoms with E-state index in [0.29, 0.717) is 12.1 Å². The predicted octanol–water partition coefficient (Wildman–Crippen LogP) is 2.38. The quantitative estimate of drug-likeness (QED) is 0.873. The number of ether oxygens (including phenoxy) is 1. The Morgan fingerprint density at radius 2 is 2.00 bits per heavy atom. The molecule has 2 aromatic rings. The van der Waals surface area contributed by atoms with Gasteiger partial charge in [-0.05, 0) is 51.0 Å². The summed E-state index contributed by atoms with van der Waals surface area (Å²) in [7, 11) is 1.62. The molecule has 0 radical (unpaired) electrons. The molecule has 0 spiro atoms. The molecule has 1 atom stereocenters. The van der Waals surface area contributed by atoms with Gasteiger partial charge in [0.1, 0.15) is 17.4 Å². The number of aromatic nitrogens is 3. The Balaban J connectivity index is 1.74. The van der Waals surface area contributed by atoms with E-state index in [1.807, 2.05) is 47.7 Å². The summed E-state index contributed by atoms with van der Waals surface area (Å²) in [4.78, 5) is 19.0. The molecular weight excluding hydrogens is 292 g/mol. The number of hydrogen-bond acceptors (Lipinski definition) is 4. The highest BCUT2D eigenvalue weighted by atomic mass is 16.5. The average molecular weight is 314 g/mol. The van der Waals surface area contributed by atoms with Gasteiger partial charge in [-0.2, -0.15) is 5.10 Å². The number of piperidine rings is 1. The number of carbonyl (C=O) groups excluding carboxylic acids is 1. The third-order valence-electron chi connectivity index (χ3n) is 4.27. The van der Waals surface area contributed by atoms with Crippen LogP contribution in [0.25, 0.3) is 0 Å². The van der Waals surface area contributed by atoms with Crippen LogP contribution >= 0.6 is 0 Å². The topological polar surface area (TPSA) is 60.2 Å². The Hall–Kier alpha value is -2.37. The number of amides is 1. The summed E-state index contributed by atoms with van der Waals surface area (Å²) < 4.78 is 7.10.